The molecular weight excluding hydrogens is 200 g/mol. The zero-order valence-electron chi connectivity index (χ0n) is 11.1. The molecular formula is C13H26N2O. The Labute approximate surface area is 99.4 Å². The maximum absolute atomic E-state index is 11.6. The van der Waals surface area contributed by atoms with Gasteiger partial charge in [-0.25, -0.2) is 4.79 Å². The van der Waals surface area contributed by atoms with Crippen LogP contribution in [0.25, 0.3) is 0 Å². The van der Waals surface area contributed by atoms with E-state index in [0.29, 0.717) is 5.92 Å². The van der Waals surface area contributed by atoms with Crippen LogP contribution in [0.15, 0.2) is 0 Å². The molecule has 1 aliphatic carbocycles. The molecule has 2 amide bonds. The molecule has 1 aliphatic rings. The third kappa shape index (κ3) is 5.38. The van der Waals surface area contributed by atoms with Crippen LogP contribution in [0.4, 0.5) is 4.79 Å². The lowest BCUT2D eigenvalue weighted by atomic mass is 9.82. The number of carbonyl (C=O) groups excluding carboxylic acids is 1. The van der Waals surface area contributed by atoms with E-state index >= 15 is 0 Å². The summed E-state index contributed by atoms with van der Waals surface area (Å²) in [6.07, 6.45) is 5.19. The van der Waals surface area contributed by atoms with Crippen molar-refractivity contribution in [3.8, 4) is 0 Å². The standard InChI is InChI=1S/C13H26N2O/c1-10-6-5-7-11(8-10)9-14-12(16)15-13(2,3)4/h10-11H,5-9H2,1-4H3,(H2,14,15,16). The summed E-state index contributed by atoms with van der Waals surface area (Å²) >= 11 is 0. The monoisotopic (exact) mass is 226 g/mol. The number of amides is 2. The van der Waals surface area contributed by atoms with Gasteiger partial charge in [0.1, 0.15) is 0 Å². The molecule has 16 heavy (non-hydrogen) atoms. The highest BCUT2D eigenvalue weighted by molar-refractivity contribution is 5.74. The second-order valence-electron chi connectivity index (χ2n) is 6.22. The lowest BCUT2D eigenvalue weighted by molar-refractivity contribution is 0.223. The molecule has 0 radical (unpaired) electrons. The maximum Gasteiger partial charge on any atom is 0.315 e. The molecule has 1 fully saturated rings. The number of nitrogens with one attached hydrogen (secondary N) is 2. The van der Waals surface area contributed by atoms with Crippen molar-refractivity contribution in [2.75, 3.05) is 6.54 Å². The zero-order chi connectivity index (χ0) is 12.2. The molecule has 1 rings (SSSR count). The van der Waals surface area contributed by atoms with Crippen molar-refractivity contribution < 1.29 is 4.79 Å². The summed E-state index contributed by atoms with van der Waals surface area (Å²) in [7, 11) is 0. The number of hydrogen-bond donors (Lipinski definition) is 2. The number of rotatable bonds is 2. The molecule has 0 aromatic heterocycles. The summed E-state index contributed by atoms with van der Waals surface area (Å²) in [5, 5.41) is 5.90. The van der Waals surface area contributed by atoms with Crippen LogP contribution in [0.3, 0.4) is 0 Å². The third-order valence-corrected chi connectivity index (χ3v) is 3.08. The van der Waals surface area contributed by atoms with E-state index in [0.717, 1.165) is 12.5 Å². The molecule has 2 N–H and O–H groups in total. The van der Waals surface area contributed by atoms with Gasteiger partial charge in [0.25, 0.3) is 0 Å². The van der Waals surface area contributed by atoms with E-state index in [2.05, 4.69) is 17.6 Å². The molecule has 0 bridgehead atoms. The van der Waals surface area contributed by atoms with Crippen molar-refractivity contribution in [2.24, 2.45) is 11.8 Å². The third-order valence-electron chi connectivity index (χ3n) is 3.08. The van der Waals surface area contributed by atoms with Crippen molar-refractivity contribution in [1.82, 2.24) is 10.6 Å². The van der Waals surface area contributed by atoms with Crippen molar-refractivity contribution in [2.45, 2.75) is 58.9 Å². The van der Waals surface area contributed by atoms with Gasteiger partial charge in [0.15, 0.2) is 0 Å². The summed E-state index contributed by atoms with van der Waals surface area (Å²) in [6, 6.07) is -0.0364. The Morgan fingerprint density at radius 1 is 1.31 bits per heavy atom. The lowest BCUT2D eigenvalue weighted by Crippen LogP contribution is -2.47. The highest BCUT2D eigenvalue weighted by Crippen LogP contribution is 2.27. The molecule has 2 unspecified atom stereocenters. The number of hydrogen-bond acceptors (Lipinski definition) is 1. The van der Waals surface area contributed by atoms with Crippen LogP contribution >= 0.6 is 0 Å². The fraction of sp³-hybridized carbons (Fsp3) is 0.923. The average molecular weight is 226 g/mol. The molecule has 0 saturated heterocycles. The summed E-state index contributed by atoms with van der Waals surface area (Å²) in [4.78, 5) is 11.6. The van der Waals surface area contributed by atoms with E-state index in [1.54, 1.807) is 0 Å². The van der Waals surface area contributed by atoms with Gasteiger partial charge in [-0.2, -0.15) is 0 Å². The topological polar surface area (TPSA) is 41.1 Å². The Morgan fingerprint density at radius 2 is 2.00 bits per heavy atom. The first-order valence-electron chi connectivity index (χ1n) is 6.43. The fourth-order valence-electron chi connectivity index (χ4n) is 2.37. The number of carbonyl (C=O) groups is 1. The van der Waals surface area contributed by atoms with E-state index in [4.69, 9.17) is 0 Å². The van der Waals surface area contributed by atoms with Gasteiger partial charge in [-0.15, -0.1) is 0 Å². The molecule has 1 saturated carbocycles. The van der Waals surface area contributed by atoms with Gasteiger partial charge in [0, 0.05) is 12.1 Å². The van der Waals surface area contributed by atoms with Crippen LogP contribution in [0, 0.1) is 11.8 Å². The Bertz CT molecular complexity index is 233. The second-order valence-corrected chi connectivity index (χ2v) is 6.22. The summed E-state index contributed by atoms with van der Waals surface area (Å²) in [6.45, 7) is 9.12. The van der Waals surface area contributed by atoms with Gasteiger partial charge in [-0.3, -0.25) is 0 Å². The van der Waals surface area contributed by atoms with Gasteiger partial charge >= 0.3 is 6.03 Å². The van der Waals surface area contributed by atoms with Gasteiger partial charge in [0.2, 0.25) is 0 Å². The van der Waals surface area contributed by atoms with Crippen LogP contribution in [0.5, 0.6) is 0 Å². The van der Waals surface area contributed by atoms with Crippen LogP contribution in [0.2, 0.25) is 0 Å². The van der Waals surface area contributed by atoms with Crippen molar-refractivity contribution >= 4 is 6.03 Å². The molecule has 0 spiro atoms. The Hall–Kier alpha value is -0.730. The largest absolute Gasteiger partial charge is 0.338 e. The average Bonchev–Trinajstić information content (AvgIpc) is 2.12. The summed E-state index contributed by atoms with van der Waals surface area (Å²) in [5.74, 6) is 1.50. The van der Waals surface area contributed by atoms with Crippen LogP contribution in [-0.2, 0) is 0 Å². The highest BCUT2D eigenvalue weighted by atomic mass is 16.2. The molecule has 3 nitrogen and oxygen atoms in total. The van der Waals surface area contributed by atoms with E-state index < -0.39 is 0 Å². The minimum atomic E-state index is -0.149. The predicted molar refractivity (Wildman–Crippen MR) is 67.4 cm³/mol. The molecule has 0 aromatic rings. The SMILES string of the molecule is CC1CCCC(CNC(=O)NC(C)(C)C)C1. The van der Waals surface area contributed by atoms with Crippen LogP contribution in [-0.4, -0.2) is 18.1 Å². The van der Waals surface area contributed by atoms with Gasteiger partial charge in [-0.1, -0.05) is 19.8 Å². The molecule has 0 aliphatic heterocycles. The maximum atomic E-state index is 11.6. The number of urea groups is 1. The molecule has 94 valence electrons. The fourth-order valence-corrected chi connectivity index (χ4v) is 2.37. The first-order valence-corrected chi connectivity index (χ1v) is 6.43. The summed E-state index contributed by atoms with van der Waals surface area (Å²) < 4.78 is 0. The van der Waals surface area contributed by atoms with Gasteiger partial charge < -0.3 is 10.6 Å². The van der Waals surface area contributed by atoms with Crippen LogP contribution < -0.4 is 10.6 Å². The zero-order valence-corrected chi connectivity index (χ0v) is 11.1. The molecule has 0 aromatic carbocycles. The van der Waals surface area contributed by atoms with E-state index in [1.165, 1.54) is 25.7 Å². The molecule has 2 atom stereocenters. The minimum Gasteiger partial charge on any atom is -0.338 e. The van der Waals surface area contributed by atoms with Crippen LogP contribution in [0.1, 0.15) is 53.4 Å². The lowest BCUT2D eigenvalue weighted by Gasteiger charge is -2.27. The van der Waals surface area contributed by atoms with Crippen molar-refractivity contribution in [3.05, 3.63) is 0 Å². The van der Waals surface area contributed by atoms with E-state index in [-0.39, 0.29) is 11.6 Å². The first-order chi connectivity index (χ1) is 7.37. The Kier molecular flexibility index (Phi) is 4.63. The first kappa shape index (κ1) is 13.3. The van der Waals surface area contributed by atoms with Crippen molar-refractivity contribution in [1.29, 1.82) is 0 Å². The van der Waals surface area contributed by atoms with Gasteiger partial charge in [-0.05, 0) is 45.4 Å². The smallest absolute Gasteiger partial charge is 0.315 e. The highest BCUT2D eigenvalue weighted by Gasteiger charge is 2.20. The Balaban J connectivity index is 2.21. The van der Waals surface area contributed by atoms with Crippen molar-refractivity contribution in [3.63, 3.8) is 0 Å². The second kappa shape index (κ2) is 5.55. The van der Waals surface area contributed by atoms with E-state index in [9.17, 15) is 4.79 Å². The Morgan fingerprint density at radius 3 is 2.56 bits per heavy atom. The normalized spacial score (nSPS) is 26.2. The predicted octanol–water partition coefficient (Wildman–Crippen LogP) is 2.91. The molecule has 3 heteroatoms. The minimum absolute atomic E-state index is 0.0364. The molecule has 0 heterocycles. The summed E-state index contributed by atoms with van der Waals surface area (Å²) in [5.41, 5.74) is -0.149. The van der Waals surface area contributed by atoms with E-state index in [1.807, 2.05) is 20.8 Å². The van der Waals surface area contributed by atoms with Gasteiger partial charge in [0.05, 0.1) is 0 Å². The quantitative estimate of drug-likeness (QED) is 0.747.